The molecule has 1 atom stereocenters. The van der Waals surface area contributed by atoms with Gasteiger partial charge in [0.2, 0.25) is 0 Å². The van der Waals surface area contributed by atoms with Gasteiger partial charge in [-0.2, -0.15) is 0 Å². The smallest absolute Gasteiger partial charge is 0.331 e. The van der Waals surface area contributed by atoms with E-state index in [1.807, 2.05) is 26.0 Å². The summed E-state index contributed by atoms with van der Waals surface area (Å²) in [5.74, 6) is -0.447. The van der Waals surface area contributed by atoms with Crippen LogP contribution in [0.4, 0.5) is 4.39 Å². The van der Waals surface area contributed by atoms with Crippen molar-refractivity contribution in [1.82, 2.24) is 0 Å². The summed E-state index contributed by atoms with van der Waals surface area (Å²) < 4.78 is 34.9. The minimum absolute atomic E-state index is 0.0318. The van der Waals surface area contributed by atoms with Crippen LogP contribution < -0.4 is 14.2 Å². The molecule has 1 aliphatic rings. The van der Waals surface area contributed by atoms with E-state index in [1.54, 1.807) is 6.08 Å². The number of rotatable bonds is 8. The third-order valence-corrected chi connectivity index (χ3v) is 4.55. The Labute approximate surface area is 174 Å². The fourth-order valence-electron chi connectivity index (χ4n) is 3.13. The number of Topliss-reactive ketones (excluding diaryl/α,β-unsaturated/α-hetero) is 1. The lowest BCUT2D eigenvalue weighted by Crippen LogP contribution is -2.12. The molecule has 1 aliphatic heterocycles. The van der Waals surface area contributed by atoms with Crippen molar-refractivity contribution in [3.8, 4) is 17.2 Å². The lowest BCUT2D eigenvalue weighted by Gasteiger charge is -2.10. The molecule has 0 fully saturated rings. The summed E-state index contributed by atoms with van der Waals surface area (Å²) in [7, 11) is 1.33. The molecule has 7 heteroatoms. The van der Waals surface area contributed by atoms with Gasteiger partial charge in [0.25, 0.3) is 0 Å². The van der Waals surface area contributed by atoms with Crippen molar-refractivity contribution in [2.24, 2.45) is 0 Å². The molecule has 0 spiro atoms. The predicted molar refractivity (Wildman–Crippen MR) is 109 cm³/mol. The van der Waals surface area contributed by atoms with Gasteiger partial charge in [-0.25, -0.2) is 9.18 Å². The van der Waals surface area contributed by atoms with Crippen LogP contribution in [0, 0.1) is 5.82 Å². The van der Waals surface area contributed by atoms with Crippen LogP contribution >= 0.6 is 0 Å². The van der Waals surface area contributed by atoms with Crippen molar-refractivity contribution >= 4 is 17.8 Å². The summed E-state index contributed by atoms with van der Waals surface area (Å²) in [6, 6.07) is 7.53. The Kier molecular flexibility index (Phi) is 6.72. The highest BCUT2D eigenvalue weighted by Gasteiger charge is 2.21. The molecule has 0 radical (unpaired) electrons. The zero-order chi connectivity index (χ0) is 21.7. The van der Waals surface area contributed by atoms with E-state index in [0.717, 1.165) is 23.8 Å². The number of esters is 1. The van der Waals surface area contributed by atoms with Gasteiger partial charge in [-0.1, -0.05) is 0 Å². The minimum Gasteiger partial charge on any atom is -0.494 e. The first-order chi connectivity index (χ1) is 14.4. The topological polar surface area (TPSA) is 71.1 Å². The second-order valence-electron chi connectivity index (χ2n) is 6.78. The number of methoxy groups -OCH3 is 1. The van der Waals surface area contributed by atoms with Crippen molar-refractivity contribution < 1.29 is 32.9 Å². The molecule has 0 aromatic heterocycles. The second kappa shape index (κ2) is 9.43. The quantitative estimate of drug-likeness (QED) is 0.370. The van der Waals surface area contributed by atoms with Gasteiger partial charge in [-0.05, 0) is 50.3 Å². The highest BCUT2D eigenvalue weighted by atomic mass is 19.1. The standard InChI is InChI=1S/C23H23FO6/c1-4-28-21-12-17-9-14(2)30-22(17)11-16(21)6-8-23(26)29-13-19(25)15-5-7-20(27-3)18(24)10-15/h5-8,10-12,14H,4,9,13H2,1-3H3/b8-6+/t14-/m0/s1. The Bertz CT molecular complexity index is 982. The van der Waals surface area contributed by atoms with Gasteiger partial charge in [0, 0.05) is 29.2 Å². The van der Waals surface area contributed by atoms with Crippen LogP contribution in [-0.2, 0) is 16.0 Å². The van der Waals surface area contributed by atoms with E-state index in [9.17, 15) is 14.0 Å². The van der Waals surface area contributed by atoms with Crippen molar-refractivity contribution in [1.29, 1.82) is 0 Å². The van der Waals surface area contributed by atoms with E-state index in [0.29, 0.717) is 17.9 Å². The first-order valence-electron chi connectivity index (χ1n) is 9.59. The fourth-order valence-corrected chi connectivity index (χ4v) is 3.13. The molecule has 158 valence electrons. The summed E-state index contributed by atoms with van der Waals surface area (Å²) in [6.45, 7) is 3.84. The molecular formula is C23H23FO6. The average molecular weight is 414 g/mol. The van der Waals surface area contributed by atoms with Crippen LogP contribution in [0.15, 0.2) is 36.4 Å². The first-order valence-corrected chi connectivity index (χ1v) is 9.59. The lowest BCUT2D eigenvalue weighted by molar-refractivity contribution is -0.136. The number of carbonyl (C=O) groups excluding carboxylic acids is 2. The molecule has 0 saturated carbocycles. The molecule has 0 bridgehead atoms. The third-order valence-electron chi connectivity index (χ3n) is 4.55. The number of hydrogen-bond donors (Lipinski definition) is 0. The highest BCUT2D eigenvalue weighted by molar-refractivity contribution is 5.99. The van der Waals surface area contributed by atoms with Gasteiger partial charge in [-0.3, -0.25) is 4.79 Å². The first kappa shape index (κ1) is 21.4. The van der Waals surface area contributed by atoms with Crippen LogP contribution in [0.3, 0.4) is 0 Å². The van der Waals surface area contributed by atoms with Crippen molar-refractivity contribution in [2.45, 2.75) is 26.4 Å². The molecule has 0 saturated heterocycles. The monoisotopic (exact) mass is 414 g/mol. The number of fused-ring (bicyclic) bond motifs is 1. The van der Waals surface area contributed by atoms with Gasteiger partial charge in [0.05, 0.1) is 13.7 Å². The van der Waals surface area contributed by atoms with Crippen molar-refractivity contribution in [2.75, 3.05) is 20.3 Å². The Morgan fingerprint density at radius 1 is 1.23 bits per heavy atom. The van der Waals surface area contributed by atoms with Crippen LogP contribution in [0.1, 0.15) is 35.3 Å². The SMILES string of the molecule is CCOc1cc2c(cc1/C=C/C(=O)OCC(=O)c1ccc(OC)c(F)c1)O[C@@H](C)C2. The van der Waals surface area contributed by atoms with Gasteiger partial charge < -0.3 is 18.9 Å². The second-order valence-corrected chi connectivity index (χ2v) is 6.78. The summed E-state index contributed by atoms with van der Waals surface area (Å²) in [4.78, 5) is 24.2. The van der Waals surface area contributed by atoms with Crippen LogP contribution in [0.25, 0.3) is 6.08 Å². The molecule has 6 nitrogen and oxygen atoms in total. The zero-order valence-electron chi connectivity index (χ0n) is 17.1. The summed E-state index contributed by atoms with van der Waals surface area (Å²) in [5.41, 5.74) is 1.82. The van der Waals surface area contributed by atoms with Gasteiger partial charge >= 0.3 is 5.97 Å². The molecule has 2 aromatic rings. The molecule has 0 aliphatic carbocycles. The van der Waals surface area contributed by atoms with E-state index in [4.69, 9.17) is 18.9 Å². The highest BCUT2D eigenvalue weighted by Crippen LogP contribution is 2.35. The maximum Gasteiger partial charge on any atom is 0.331 e. The van der Waals surface area contributed by atoms with Crippen molar-refractivity contribution in [3.05, 3.63) is 58.9 Å². The molecular weight excluding hydrogens is 391 g/mol. The number of ether oxygens (including phenoxy) is 4. The molecule has 1 heterocycles. The molecule has 0 amide bonds. The number of carbonyl (C=O) groups is 2. The minimum atomic E-state index is -0.699. The lowest BCUT2D eigenvalue weighted by atomic mass is 10.1. The van der Waals surface area contributed by atoms with Crippen LogP contribution in [0.2, 0.25) is 0 Å². The summed E-state index contributed by atoms with van der Waals surface area (Å²) in [5, 5.41) is 0. The zero-order valence-corrected chi connectivity index (χ0v) is 17.1. The van der Waals surface area contributed by atoms with Crippen molar-refractivity contribution in [3.63, 3.8) is 0 Å². The van der Waals surface area contributed by atoms with E-state index in [2.05, 4.69) is 0 Å². The molecule has 0 N–H and O–H groups in total. The van der Waals surface area contributed by atoms with E-state index >= 15 is 0 Å². The van der Waals surface area contributed by atoms with E-state index < -0.39 is 24.2 Å². The molecule has 2 aromatic carbocycles. The fraction of sp³-hybridized carbons (Fsp3) is 0.304. The Morgan fingerprint density at radius 2 is 2.03 bits per heavy atom. The van der Waals surface area contributed by atoms with E-state index in [-0.39, 0.29) is 17.4 Å². The largest absolute Gasteiger partial charge is 0.494 e. The normalized spacial score (nSPS) is 14.9. The summed E-state index contributed by atoms with van der Waals surface area (Å²) >= 11 is 0. The molecule has 0 unspecified atom stereocenters. The number of halogens is 1. The van der Waals surface area contributed by atoms with Crippen LogP contribution in [0.5, 0.6) is 17.2 Å². The van der Waals surface area contributed by atoms with Gasteiger partial charge in [0.1, 0.15) is 17.6 Å². The maximum atomic E-state index is 13.7. The number of ketones is 1. The Hall–Kier alpha value is -3.35. The molecule has 3 rings (SSSR count). The third kappa shape index (κ3) is 4.97. The Balaban J connectivity index is 1.64. The van der Waals surface area contributed by atoms with Crippen LogP contribution in [-0.4, -0.2) is 38.2 Å². The average Bonchev–Trinajstić information content (AvgIpc) is 3.09. The maximum absolute atomic E-state index is 13.7. The summed E-state index contributed by atoms with van der Waals surface area (Å²) in [6.07, 6.45) is 3.66. The van der Waals surface area contributed by atoms with Gasteiger partial charge in [-0.15, -0.1) is 0 Å². The van der Waals surface area contributed by atoms with Gasteiger partial charge in [0.15, 0.2) is 24.0 Å². The predicted octanol–water partition coefficient (Wildman–Crippen LogP) is 4.00. The molecule has 30 heavy (non-hydrogen) atoms. The van der Waals surface area contributed by atoms with E-state index in [1.165, 1.54) is 25.3 Å². The number of benzene rings is 2. The Morgan fingerprint density at radius 3 is 2.73 bits per heavy atom. The number of hydrogen-bond acceptors (Lipinski definition) is 6.